The molecule has 2 aromatic rings. The molecule has 1 aliphatic heterocycles. The van der Waals surface area contributed by atoms with Crippen molar-refractivity contribution in [2.45, 2.75) is 45.6 Å². The Labute approximate surface area is 192 Å². The standard InChI is InChI=1S/C26H28O7/c1-14(2)18(27)9-6-15(3)5-8-17-20(29)12-24-25(26(17)31)21(30)13-22(33-24)16-7-10-19(28)23(11-16)32-4/h5,7,10-12,22,28-29,31H,1,6,8-9,13H2,2-4H3/t22-/m1/s1. The van der Waals surface area contributed by atoms with Crippen molar-refractivity contribution in [3.05, 3.63) is 64.8 Å². The number of methoxy groups -OCH3 is 1. The van der Waals surface area contributed by atoms with Gasteiger partial charge in [0.1, 0.15) is 28.9 Å². The van der Waals surface area contributed by atoms with Crippen molar-refractivity contribution in [1.29, 1.82) is 0 Å². The number of ether oxygens (including phenoxy) is 2. The highest BCUT2D eigenvalue weighted by Gasteiger charge is 2.33. The molecule has 0 radical (unpaired) electrons. The lowest BCUT2D eigenvalue weighted by molar-refractivity contribution is -0.115. The molecule has 0 aromatic heterocycles. The Kier molecular flexibility index (Phi) is 7.11. The minimum atomic E-state index is -0.655. The fraction of sp³-hybridized carbons (Fsp3) is 0.308. The largest absolute Gasteiger partial charge is 0.507 e. The maximum Gasteiger partial charge on any atom is 0.174 e. The summed E-state index contributed by atoms with van der Waals surface area (Å²) in [6.45, 7) is 7.18. The quantitative estimate of drug-likeness (QED) is 0.384. The normalized spacial score (nSPS) is 15.5. The predicted molar refractivity (Wildman–Crippen MR) is 123 cm³/mol. The Bertz CT molecular complexity index is 1140. The van der Waals surface area contributed by atoms with Crippen LogP contribution in [0.2, 0.25) is 0 Å². The summed E-state index contributed by atoms with van der Waals surface area (Å²) in [7, 11) is 1.42. The maximum atomic E-state index is 12.9. The van der Waals surface area contributed by atoms with Gasteiger partial charge >= 0.3 is 0 Å². The minimum absolute atomic E-state index is 0.00854. The summed E-state index contributed by atoms with van der Waals surface area (Å²) in [5.41, 5.74) is 2.31. The summed E-state index contributed by atoms with van der Waals surface area (Å²) in [6, 6.07) is 5.99. The second kappa shape index (κ2) is 9.81. The highest BCUT2D eigenvalue weighted by Crippen LogP contribution is 2.45. The van der Waals surface area contributed by atoms with Gasteiger partial charge in [-0.2, -0.15) is 0 Å². The van der Waals surface area contributed by atoms with Crippen molar-refractivity contribution in [1.82, 2.24) is 0 Å². The van der Waals surface area contributed by atoms with Gasteiger partial charge in [-0.1, -0.05) is 24.3 Å². The lowest BCUT2D eigenvalue weighted by atomic mass is 9.92. The van der Waals surface area contributed by atoms with Crippen molar-refractivity contribution in [3.8, 4) is 28.7 Å². The van der Waals surface area contributed by atoms with Gasteiger partial charge in [-0.15, -0.1) is 0 Å². The van der Waals surface area contributed by atoms with Crippen LogP contribution in [0.1, 0.15) is 60.7 Å². The third kappa shape index (κ3) is 5.19. The summed E-state index contributed by atoms with van der Waals surface area (Å²) in [5, 5.41) is 31.1. The average Bonchev–Trinajstić information content (AvgIpc) is 2.76. The number of fused-ring (bicyclic) bond motifs is 1. The zero-order valence-corrected chi connectivity index (χ0v) is 19.0. The number of carbonyl (C=O) groups excluding carboxylic acids is 2. The zero-order chi connectivity index (χ0) is 24.3. The number of hydrogen-bond donors (Lipinski definition) is 3. The number of allylic oxidation sites excluding steroid dienone is 3. The number of hydrogen-bond acceptors (Lipinski definition) is 7. The van der Waals surface area contributed by atoms with Crippen molar-refractivity contribution in [3.63, 3.8) is 0 Å². The number of phenols is 3. The molecule has 7 nitrogen and oxygen atoms in total. The van der Waals surface area contributed by atoms with Crippen molar-refractivity contribution in [2.24, 2.45) is 0 Å². The van der Waals surface area contributed by atoms with Crippen LogP contribution < -0.4 is 9.47 Å². The van der Waals surface area contributed by atoms with E-state index < -0.39 is 6.10 Å². The van der Waals surface area contributed by atoms with Gasteiger partial charge in [0.15, 0.2) is 23.1 Å². The molecule has 0 saturated heterocycles. The first-order chi connectivity index (χ1) is 15.6. The van der Waals surface area contributed by atoms with Gasteiger partial charge in [0.2, 0.25) is 0 Å². The Morgan fingerprint density at radius 1 is 1.18 bits per heavy atom. The van der Waals surface area contributed by atoms with Crippen LogP contribution in [0.15, 0.2) is 48.1 Å². The molecule has 0 saturated carbocycles. The molecule has 0 amide bonds. The van der Waals surface area contributed by atoms with Crippen molar-refractivity contribution < 1.29 is 34.4 Å². The van der Waals surface area contributed by atoms with E-state index in [1.165, 1.54) is 19.2 Å². The van der Waals surface area contributed by atoms with Gasteiger partial charge in [0.25, 0.3) is 0 Å². The van der Waals surface area contributed by atoms with Crippen molar-refractivity contribution >= 4 is 11.6 Å². The topological polar surface area (TPSA) is 113 Å². The predicted octanol–water partition coefficient (Wildman–Crippen LogP) is 4.93. The number of ketones is 2. The minimum Gasteiger partial charge on any atom is -0.507 e. The van der Waals surface area contributed by atoms with E-state index >= 15 is 0 Å². The van der Waals surface area contributed by atoms with Gasteiger partial charge < -0.3 is 24.8 Å². The molecule has 33 heavy (non-hydrogen) atoms. The molecular weight excluding hydrogens is 424 g/mol. The summed E-state index contributed by atoms with van der Waals surface area (Å²) < 4.78 is 11.0. The van der Waals surface area contributed by atoms with E-state index in [1.54, 1.807) is 19.1 Å². The monoisotopic (exact) mass is 452 g/mol. The van der Waals surface area contributed by atoms with Crippen LogP contribution in [0, 0.1) is 0 Å². The third-order valence-corrected chi connectivity index (χ3v) is 5.72. The fourth-order valence-corrected chi connectivity index (χ4v) is 3.68. The molecule has 1 atom stereocenters. The summed E-state index contributed by atoms with van der Waals surface area (Å²) in [5.74, 6) is -0.511. The second-order valence-electron chi connectivity index (χ2n) is 8.22. The van der Waals surface area contributed by atoms with E-state index in [1.807, 2.05) is 13.0 Å². The lowest BCUT2D eigenvalue weighted by Gasteiger charge is -2.27. The van der Waals surface area contributed by atoms with E-state index in [2.05, 4.69) is 6.58 Å². The fourth-order valence-electron chi connectivity index (χ4n) is 3.68. The van der Waals surface area contributed by atoms with E-state index in [0.717, 1.165) is 5.57 Å². The van der Waals surface area contributed by atoms with E-state index in [0.29, 0.717) is 24.0 Å². The van der Waals surface area contributed by atoms with Gasteiger partial charge in [-0.3, -0.25) is 9.59 Å². The molecule has 0 fully saturated rings. The first-order valence-corrected chi connectivity index (χ1v) is 10.6. The molecule has 0 unspecified atom stereocenters. The van der Waals surface area contributed by atoms with E-state index in [-0.39, 0.29) is 64.3 Å². The second-order valence-corrected chi connectivity index (χ2v) is 8.22. The molecule has 1 heterocycles. The first kappa shape index (κ1) is 23.9. The Morgan fingerprint density at radius 3 is 2.58 bits per heavy atom. The third-order valence-electron chi connectivity index (χ3n) is 5.72. The van der Waals surface area contributed by atoms with Gasteiger partial charge in [0.05, 0.1) is 13.5 Å². The Hall–Kier alpha value is -3.74. The number of aromatic hydroxyl groups is 3. The Morgan fingerprint density at radius 2 is 1.91 bits per heavy atom. The SMILES string of the molecule is C=C(C)C(=O)CCC(C)=CCc1c(O)cc2c(c1O)C(=O)C[C@H](c1ccc(O)c(OC)c1)O2. The molecule has 7 heteroatoms. The Balaban J connectivity index is 1.83. The molecule has 3 N–H and O–H groups in total. The summed E-state index contributed by atoms with van der Waals surface area (Å²) in [6.07, 6.45) is 2.22. The van der Waals surface area contributed by atoms with Crippen LogP contribution in [0.25, 0.3) is 0 Å². The van der Waals surface area contributed by atoms with Gasteiger partial charge in [-0.25, -0.2) is 0 Å². The molecule has 1 aliphatic rings. The van der Waals surface area contributed by atoms with Crippen LogP contribution in [0.3, 0.4) is 0 Å². The number of rotatable bonds is 8. The molecule has 0 aliphatic carbocycles. The smallest absolute Gasteiger partial charge is 0.174 e. The van der Waals surface area contributed by atoms with Gasteiger partial charge in [0, 0.05) is 18.1 Å². The van der Waals surface area contributed by atoms with Crippen LogP contribution in [-0.4, -0.2) is 34.0 Å². The van der Waals surface area contributed by atoms with E-state index in [4.69, 9.17) is 9.47 Å². The summed E-state index contributed by atoms with van der Waals surface area (Å²) in [4.78, 5) is 24.6. The first-order valence-electron chi connectivity index (χ1n) is 10.6. The molecule has 3 rings (SSSR count). The summed E-state index contributed by atoms with van der Waals surface area (Å²) >= 11 is 0. The molecule has 2 aromatic carbocycles. The number of benzene rings is 2. The van der Waals surface area contributed by atoms with Crippen LogP contribution >= 0.6 is 0 Å². The van der Waals surface area contributed by atoms with Gasteiger partial charge in [-0.05, 0) is 50.0 Å². The number of phenolic OH excluding ortho intramolecular Hbond substituents is 3. The van der Waals surface area contributed by atoms with Crippen LogP contribution in [0.5, 0.6) is 28.7 Å². The molecular formula is C26H28O7. The number of Topliss-reactive ketones (excluding diaryl/α,β-unsaturated/α-hetero) is 2. The zero-order valence-electron chi connectivity index (χ0n) is 19.0. The lowest BCUT2D eigenvalue weighted by Crippen LogP contribution is -2.21. The van der Waals surface area contributed by atoms with Crippen LogP contribution in [-0.2, 0) is 11.2 Å². The molecule has 0 spiro atoms. The van der Waals surface area contributed by atoms with E-state index in [9.17, 15) is 24.9 Å². The van der Waals surface area contributed by atoms with Crippen LogP contribution in [0.4, 0.5) is 0 Å². The average molecular weight is 453 g/mol. The maximum absolute atomic E-state index is 12.9. The number of carbonyl (C=O) groups is 2. The molecule has 0 bridgehead atoms. The van der Waals surface area contributed by atoms with Crippen molar-refractivity contribution in [2.75, 3.05) is 7.11 Å². The highest BCUT2D eigenvalue weighted by molar-refractivity contribution is 6.03. The molecule has 174 valence electrons. The highest BCUT2D eigenvalue weighted by atomic mass is 16.5.